The Morgan fingerprint density at radius 3 is 2.67 bits per heavy atom. The lowest BCUT2D eigenvalue weighted by molar-refractivity contribution is -0.140. The summed E-state index contributed by atoms with van der Waals surface area (Å²) in [5.41, 5.74) is 0.949. The van der Waals surface area contributed by atoms with Crippen molar-refractivity contribution < 1.29 is 14.7 Å². The van der Waals surface area contributed by atoms with Crippen LogP contribution in [0.1, 0.15) is 36.8 Å². The third-order valence-electron chi connectivity index (χ3n) is 3.20. The van der Waals surface area contributed by atoms with Gasteiger partial charge >= 0.3 is 5.97 Å². The van der Waals surface area contributed by atoms with Crippen molar-refractivity contribution in [2.45, 2.75) is 33.2 Å². The molecule has 0 unspecified atom stereocenters. The Labute approximate surface area is 121 Å². The van der Waals surface area contributed by atoms with Gasteiger partial charge in [0.05, 0.1) is 11.3 Å². The molecule has 0 aliphatic carbocycles. The largest absolute Gasteiger partial charge is 0.480 e. The number of carboxylic acid groups (broad SMARTS) is 1. The van der Waals surface area contributed by atoms with Crippen molar-refractivity contribution in [2.75, 3.05) is 0 Å². The summed E-state index contributed by atoms with van der Waals surface area (Å²) in [5, 5.41) is 15.7. The number of nitrogens with one attached hydrogen (secondary N) is 1. The summed E-state index contributed by atoms with van der Waals surface area (Å²) in [6.45, 7) is 5.35. The summed E-state index contributed by atoms with van der Waals surface area (Å²) in [5.74, 6) is -1.36. The molecule has 0 bridgehead atoms. The van der Waals surface area contributed by atoms with Crippen LogP contribution in [0.3, 0.4) is 0 Å². The van der Waals surface area contributed by atoms with Crippen LogP contribution in [0.4, 0.5) is 0 Å². The molecule has 0 saturated heterocycles. The first-order chi connectivity index (χ1) is 9.95. The number of aliphatic carboxylic acids is 1. The highest BCUT2D eigenvalue weighted by atomic mass is 16.4. The molecule has 2 rings (SSSR count). The van der Waals surface area contributed by atoms with Crippen LogP contribution in [0.2, 0.25) is 0 Å². The van der Waals surface area contributed by atoms with Crippen LogP contribution in [0.5, 0.6) is 0 Å². The van der Waals surface area contributed by atoms with Gasteiger partial charge in [-0.25, -0.2) is 14.3 Å². The molecule has 0 aliphatic heterocycles. The number of hydrogen-bond donors (Lipinski definition) is 2. The maximum Gasteiger partial charge on any atom is 0.326 e. The number of amides is 1. The first-order valence-corrected chi connectivity index (χ1v) is 6.67. The molecule has 8 heteroatoms. The standard InChI is InChI=1S/C13H17N5O3/c1-4-9-8(5-14-13-15-6-16-18(9)13)11(19)17-10(7(2)3)12(20)21/h5-7,10H,4H2,1-3H3,(H,17,19)(H,20,21)/t10-/m0/s1. The third-order valence-corrected chi connectivity index (χ3v) is 3.20. The number of fused-ring (bicyclic) bond motifs is 1. The van der Waals surface area contributed by atoms with E-state index in [9.17, 15) is 9.59 Å². The Bertz CT molecular complexity index is 679. The Morgan fingerprint density at radius 2 is 2.10 bits per heavy atom. The van der Waals surface area contributed by atoms with Gasteiger partial charge in [0.25, 0.3) is 11.7 Å². The van der Waals surface area contributed by atoms with E-state index in [1.807, 2.05) is 6.92 Å². The number of hydrogen-bond acceptors (Lipinski definition) is 5. The number of rotatable bonds is 5. The van der Waals surface area contributed by atoms with Crippen LogP contribution >= 0.6 is 0 Å². The highest BCUT2D eigenvalue weighted by Crippen LogP contribution is 2.11. The van der Waals surface area contributed by atoms with E-state index in [-0.39, 0.29) is 5.92 Å². The molecule has 2 heterocycles. The molecule has 2 aromatic rings. The summed E-state index contributed by atoms with van der Waals surface area (Å²) >= 11 is 0. The van der Waals surface area contributed by atoms with Gasteiger partial charge in [-0.1, -0.05) is 20.8 Å². The summed E-state index contributed by atoms with van der Waals surface area (Å²) < 4.78 is 1.49. The van der Waals surface area contributed by atoms with Crippen LogP contribution in [-0.2, 0) is 11.2 Å². The van der Waals surface area contributed by atoms with Gasteiger partial charge in [0.1, 0.15) is 12.4 Å². The van der Waals surface area contributed by atoms with Gasteiger partial charge in [-0.2, -0.15) is 10.1 Å². The Balaban J connectivity index is 2.36. The van der Waals surface area contributed by atoms with Crippen molar-refractivity contribution in [2.24, 2.45) is 5.92 Å². The number of carbonyl (C=O) groups excluding carboxylic acids is 1. The van der Waals surface area contributed by atoms with Crippen LogP contribution in [-0.4, -0.2) is 42.6 Å². The molecule has 0 fully saturated rings. The van der Waals surface area contributed by atoms with E-state index in [0.29, 0.717) is 23.5 Å². The zero-order valence-corrected chi connectivity index (χ0v) is 12.1. The van der Waals surface area contributed by atoms with E-state index in [4.69, 9.17) is 5.11 Å². The fraction of sp³-hybridized carbons (Fsp3) is 0.462. The molecular weight excluding hydrogens is 274 g/mol. The molecule has 0 saturated carbocycles. The maximum absolute atomic E-state index is 12.3. The van der Waals surface area contributed by atoms with E-state index in [0.717, 1.165) is 0 Å². The second kappa shape index (κ2) is 5.86. The molecule has 112 valence electrons. The minimum Gasteiger partial charge on any atom is -0.480 e. The molecule has 0 aliphatic rings. The van der Waals surface area contributed by atoms with Crippen molar-refractivity contribution in [3.63, 3.8) is 0 Å². The molecule has 0 radical (unpaired) electrons. The SMILES string of the molecule is CCc1c(C(=O)N[C@H](C(=O)O)C(C)C)cnc2ncnn12. The second-order valence-corrected chi connectivity index (χ2v) is 4.98. The highest BCUT2D eigenvalue weighted by Gasteiger charge is 2.25. The minimum atomic E-state index is -1.06. The predicted molar refractivity (Wildman–Crippen MR) is 73.9 cm³/mol. The normalized spacial score (nSPS) is 12.6. The van der Waals surface area contributed by atoms with Gasteiger partial charge in [0.15, 0.2) is 0 Å². The molecule has 2 N–H and O–H groups in total. The van der Waals surface area contributed by atoms with Crippen LogP contribution < -0.4 is 5.32 Å². The number of aryl methyl sites for hydroxylation is 1. The number of nitrogens with zero attached hydrogens (tertiary/aromatic N) is 4. The van der Waals surface area contributed by atoms with E-state index in [1.165, 1.54) is 17.0 Å². The molecule has 8 nitrogen and oxygen atoms in total. The van der Waals surface area contributed by atoms with Crippen molar-refractivity contribution in [3.05, 3.63) is 23.8 Å². The quantitative estimate of drug-likeness (QED) is 0.831. The average molecular weight is 291 g/mol. The summed E-state index contributed by atoms with van der Waals surface area (Å²) in [6.07, 6.45) is 3.30. The van der Waals surface area contributed by atoms with Gasteiger partial charge in [-0.05, 0) is 12.3 Å². The first-order valence-electron chi connectivity index (χ1n) is 6.67. The fourth-order valence-corrected chi connectivity index (χ4v) is 2.09. The lowest BCUT2D eigenvalue weighted by Crippen LogP contribution is -2.44. The predicted octanol–water partition coefficient (Wildman–Crippen LogP) is 0.526. The van der Waals surface area contributed by atoms with Gasteiger partial charge in [-0.15, -0.1) is 0 Å². The summed E-state index contributed by atoms with van der Waals surface area (Å²) in [6, 6.07) is -0.950. The Hall–Kier alpha value is -2.51. The van der Waals surface area contributed by atoms with Crippen molar-refractivity contribution in [3.8, 4) is 0 Å². The van der Waals surface area contributed by atoms with E-state index >= 15 is 0 Å². The van der Waals surface area contributed by atoms with E-state index < -0.39 is 17.9 Å². The molecule has 1 atom stereocenters. The van der Waals surface area contributed by atoms with Crippen LogP contribution in [0, 0.1) is 5.92 Å². The fourth-order valence-electron chi connectivity index (χ4n) is 2.09. The summed E-state index contributed by atoms with van der Waals surface area (Å²) in [4.78, 5) is 31.5. The lowest BCUT2D eigenvalue weighted by atomic mass is 10.0. The zero-order chi connectivity index (χ0) is 15.6. The first kappa shape index (κ1) is 14.9. The van der Waals surface area contributed by atoms with Crippen LogP contribution in [0.15, 0.2) is 12.5 Å². The lowest BCUT2D eigenvalue weighted by Gasteiger charge is -2.18. The van der Waals surface area contributed by atoms with E-state index in [2.05, 4.69) is 20.4 Å². The Morgan fingerprint density at radius 1 is 1.38 bits per heavy atom. The van der Waals surface area contributed by atoms with Gasteiger partial charge in [0, 0.05) is 6.20 Å². The maximum atomic E-state index is 12.3. The number of carboxylic acids is 1. The van der Waals surface area contributed by atoms with Gasteiger partial charge < -0.3 is 10.4 Å². The molecule has 0 aromatic carbocycles. The van der Waals surface area contributed by atoms with Crippen molar-refractivity contribution in [1.29, 1.82) is 0 Å². The minimum absolute atomic E-state index is 0.223. The topological polar surface area (TPSA) is 109 Å². The van der Waals surface area contributed by atoms with Gasteiger partial charge in [-0.3, -0.25) is 4.79 Å². The molecule has 21 heavy (non-hydrogen) atoms. The molecule has 0 spiro atoms. The average Bonchev–Trinajstić information content (AvgIpc) is 2.90. The van der Waals surface area contributed by atoms with E-state index in [1.54, 1.807) is 13.8 Å². The third kappa shape index (κ3) is 2.83. The summed E-state index contributed by atoms with van der Waals surface area (Å²) in [7, 11) is 0. The second-order valence-electron chi connectivity index (χ2n) is 4.98. The van der Waals surface area contributed by atoms with Gasteiger partial charge in [0.2, 0.25) is 0 Å². The molecule has 1 amide bonds. The molecular formula is C13H17N5O3. The monoisotopic (exact) mass is 291 g/mol. The van der Waals surface area contributed by atoms with Crippen LogP contribution in [0.25, 0.3) is 5.78 Å². The zero-order valence-electron chi connectivity index (χ0n) is 12.1. The van der Waals surface area contributed by atoms with Crippen molar-refractivity contribution >= 4 is 17.7 Å². The Kier molecular flexibility index (Phi) is 4.15. The number of carbonyl (C=O) groups is 2. The number of aromatic nitrogens is 4. The smallest absolute Gasteiger partial charge is 0.326 e. The van der Waals surface area contributed by atoms with Crippen molar-refractivity contribution in [1.82, 2.24) is 24.9 Å². The highest BCUT2D eigenvalue weighted by molar-refractivity contribution is 5.97. The molecule has 2 aromatic heterocycles.